The molecule has 8 heteroatoms. The van der Waals surface area contributed by atoms with E-state index < -0.39 is 0 Å². The maximum atomic E-state index is 12.1. The van der Waals surface area contributed by atoms with Crippen LogP contribution in [-0.4, -0.2) is 54.8 Å². The van der Waals surface area contributed by atoms with Gasteiger partial charge in [-0.3, -0.25) is 9.59 Å². The molecule has 2 rings (SSSR count). The molecule has 1 aliphatic heterocycles. The van der Waals surface area contributed by atoms with E-state index in [0.29, 0.717) is 43.1 Å². The fourth-order valence-electron chi connectivity index (χ4n) is 3.20. The summed E-state index contributed by atoms with van der Waals surface area (Å²) in [6, 6.07) is 8.12. The van der Waals surface area contributed by atoms with Gasteiger partial charge >= 0.3 is 5.97 Å². The second-order valence-electron chi connectivity index (χ2n) is 7.37. The number of para-hydroxylation sites is 1. The summed E-state index contributed by atoms with van der Waals surface area (Å²) in [4.78, 5) is 25.9. The lowest BCUT2D eigenvalue weighted by molar-refractivity contribution is -0.143. The number of nitrogens with zero attached hydrogens (tertiary/aromatic N) is 1. The molecular weight excluding hydrogens is 437 g/mol. The molecule has 2 N–H and O–H groups in total. The molecule has 1 heterocycles. The van der Waals surface area contributed by atoms with Crippen molar-refractivity contribution in [3.8, 4) is 0 Å². The van der Waals surface area contributed by atoms with Gasteiger partial charge in [0, 0.05) is 48.7 Å². The van der Waals surface area contributed by atoms with E-state index in [-0.39, 0.29) is 24.5 Å². The highest BCUT2D eigenvalue weighted by Crippen LogP contribution is 2.20. The van der Waals surface area contributed by atoms with E-state index in [9.17, 15) is 9.59 Å². The van der Waals surface area contributed by atoms with Crippen LogP contribution in [0, 0.1) is 0 Å². The summed E-state index contributed by atoms with van der Waals surface area (Å²) in [5.41, 5.74) is 2.84. The van der Waals surface area contributed by atoms with Crippen molar-refractivity contribution >= 4 is 40.8 Å². The van der Waals surface area contributed by atoms with Crippen molar-refractivity contribution in [1.29, 1.82) is 0 Å². The van der Waals surface area contributed by atoms with Crippen molar-refractivity contribution in [2.45, 2.75) is 38.1 Å². The highest BCUT2D eigenvalue weighted by atomic mass is 35.5. The number of aryl methyl sites for hydroxylation is 1. The Morgan fingerprint density at radius 3 is 2.81 bits per heavy atom. The summed E-state index contributed by atoms with van der Waals surface area (Å²) in [5, 5.41) is 6.21. The lowest BCUT2D eigenvalue weighted by Crippen LogP contribution is -2.30. The van der Waals surface area contributed by atoms with E-state index in [1.54, 1.807) is 6.20 Å². The first-order valence-corrected chi connectivity index (χ1v) is 11.6. The van der Waals surface area contributed by atoms with Crippen molar-refractivity contribution in [1.82, 2.24) is 10.2 Å². The highest BCUT2D eigenvalue weighted by Gasteiger charge is 2.12. The predicted molar refractivity (Wildman–Crippen MR) is 126 cm³/mol. The van der Waals surface area contributed by atoms with Gasteiger partial charge < -0.3 is 20.3 Å². The first-order chi connectivity index (χ1) is 15.0. The lowest BCUT2D eigenvalue weighted by atomic mass is 10.1. The van der Waals surface area contributed by atoms with Crippen LogP contribution in [0.25, 0.3) is 0 Å². The number of ether oxygens (including phenoxy) is 1. The van der Waals surface area contributed by atoms with Gasteiger partial charge in [-0.05, 0) is 43.5 Å². The maximum absolute atomic E-state index is 12.1. The number of amides is 1. The zero-order valence-electron chi connectivity index (χ0n) is 17.9. The molecule has 0 aromatic heterocycles. The number of anilines is 1. The van der Waals surface area contributed by atoms with Crippen LogP contribution in [0.15, 0.2) is 48.3 Å². The maximum Gasteiger partial charge on any atom is 0.305 e. The van der Waals surface area contributed by atoms with Crippen molar-refractivity contribution in [2.75, 3.05) is 37.3 Å². The molecule has 1 unspecified atom stereocenters. The summed E-state index contributed by atoms with van der Waals surface area (Å²) in [6.07, 6.45) is 8.76. The monoisotopic (exact) mass is 467 g/mol. The first-order valence-electron chi connectivity index (χ1n) is 10.5. The minimum absolute atomic E-state index is 0.112. The van der Waals surface area contributed by atoms with Gasteiger partial charge in [0.2, 0.25) is 5.91 Å². The summed E-state index contributed by atoms with van der Waals surface area (Å²) in [7, 11) is 1.87. The highest BCUT2D eigenvalue weighted by molar-refractivity contribution is 6.19. The smallest absolute Gasteiger partial charge is 0.305 e. The third-order valence-electron chi connectivity index (χ3n) is 4.83. The standard InChI is InChI=1S/C23H31Cl2N3O3/c1-28-14-5-8-19(17-28)23(30)26-13-15-31-22(29)10-4-7-18-6-2-3-9-21(18)27-20(16-25)11-12-24/h2-3,5-6,9,14,17,20,27H,4,7-8,10-13,15-16H2,1H3,(H,26,30). The van der Waals surface area contributed by atoms with Gasteiger partial charge in [0.15, 0.2) is 0 Å². The fraction of sp³-hybridized carbons (Fsp3) is 0.478. The molecule has 31 heavy (non-hydrogen) atoms. The first kappa shape index (κ1) is 25.1. The van der Waals surface area contributed by atoms with E-state index in [1.807, 2.05) is 48.5 Å². The third-order valence-corrected chi connectivity index (χ3v) is 5.42. The van der Waals surface area contributed by atoms with Crippen molar-refractivity contribution in [2.24, 2.45) is 0 Å². The molecule has 0 aliphatic carbocycles. The van der Waals surface area contributed by atoms with Crippen molar-refractivity contribution in [3.63, 3.8) is 0 Å². The van der Waals surface area contributed by atoms with Gasteiger partial charge in [-0.1, -0.05) is 24.3 Å². The molecule has 0 radical (unpaired) electrons. The molecule has 1 aromatic carbocycles. The number of halogens is 2. The van der Waals surface area contributed by atoms with Crippen LogP contribution in [0.3, 0.4) is 0 Å². The number of esters is 1. The zero-order chi connectivity index (χ0) is 22.5. The quantitative estimate of drug-likeness (QED) is 0.260. The summed E-state index contributed by atoms with van der Waals surface area (Å²) in [5.74, 6) is 0.625. The van der Waals surface area contributed by atoms with E-state index in [4.69, 9.17) is 27.9 Å². The van der Waals surface area contributed by atoms with Crippen LogP contribution in [0.4, 0.5) is 5.69 Å². The molecule has 6 nitrogen and oxygen atoms in total. The number of hydrogen-bond acceptors (Lipinski definition) is 5. The zero-order valence-corrected chi connectivity index (χ0v) is 19.4. The van der Waals surface area contributed by atoms with E-state index in [0.717, 1.165) is 24.1 Å². The van der Waals surface area contributed by atoms with Gasteiger partial charge in [-0.15, -0.1) is 23.2 Å². The Labute approximate surface area is 194 Å². The van der Waals surface area contributed by atoms with Crippen molar-refractivity contribution in [3.05, 3.63) is 53.9 Å². The molecule has 0 spiro atoms. The Morgan fingerprint density at radius 2 is 2.06 bits per heavy atom. The number of carbonyl (C=O) groups is 2. The van der Waals surface area contributed by atoms with Gasteiger partial charge in [0.1, 0.15) is 6.61 Å². The molecule has 170 valence electrons. The van der Waals surface area contributed by atoms with E-state index in [1.165, 1.54) is 0 Å². The Bertz CT molecular complexity index is 783. The number of allylic oxidation sites excluding steroid dienone is 1. The third kappa shape index (κ3) is 9.23. The van der Waals surface area contributed by atoms with Gasteiger partial charge in [0.05, 0.1) is 6.54 Å². The Hall–Kier alpha value is -2.18. The average Bonchev–Trinajstić information content (AvgIpc) is 2.77. The van der Waals surface area contributed by atoms with Gasteiger partial charge in [0.25, 0.3) is 0 Å². The van der Waals surface area contributed by atoms with E-state index >= 15 is 0 Å². The van der Waals surface area contributed by atoms with Crippen LogP contribution in [0.5, 0.6) is 0 Å². The number of alkyl halides is 2. The SMILES string of the molecule is CN1C=CCC(C(=O)NCCOC(=O)CCCc2ccccc2NC(CCl)CCCl)=C1. The lowest BCUT2D eigenvalue weighted by Gasteiger charge is -2.19. The molecule has 1 aromatic rings. The predicted octanol–water partition coefficient (Wildman–Crippen LogP) is 4.05. The second-order valence-corrected chi connectivity index (χ2v) is 8.06. The summed E-state index contributed by atoms with van der Waals surface area (Å²) < 4.78 is 5.24. The molecule has 0 saturated heterocycles. The van der Waals surface area contributed by atoms with Crippen LogP contribution in [0.2, 0.25) is 0 Å². The number of rotatable bonds is 13. The Morgan fingerprint density at radius 1 is 1.26 bits per heavy atom. The minimum Gasteiger partial charge on any atom is -0.464 e. The summed E-state index contributed by atoms with van der Waals surface area (Å²) in [6.45, 7) is 0.458. The summed E-state index contributed by atoms with van der Waals surface area (Å²) >= 11 is 11.8. The van der Waals surface area contributed by atoms with Crippen molar-refractivity contribution < 1.29 is 14.3 Å². The van der Waals surface area contributed by atoms with Crippen LogP contribution < -0.4 is 10.6 Å². The average molecular weight is 468 g/mol. The van der Waals surface area contributed by atoms with E-state index in [2.05, 4.69) is 10.6 Å². The van der Waals surface area contributed by atoms with Gasteiger partial charge in [-0.25, -0.2) is 0 Å². The molecule has 1 atom stereocenters. The van der Waals surface area contributed by atoms with Crippen LogP contribution >= 0.6 is 23.2 Å². The molecule has 0 saturated carbocycles. The fourth-order valence-corrected chi connectivity index (χ4v) is 3.69. The molecule has 1 amide bonds. The second kappa shape index (κ2) is 14.0. The molecular formula is C23H31Cl2N3O3. The van der Waals surface area contributed by atoms with Crippen LogP contribution in [0.1, 0.15) is 31.2 Å². The largest absolute Gasteiger partial charge is 0.464 e. The Kier molecular flexibility index (Phi) is 11.3. The molecule has 0 fully saturated rings. The van der Waals surface area contributed by atoms with Gasteiger partial charge in [-0.2, -0.15) is 0 Å². The number of carbonyl (C=O) groups excluding carboxylic acids is 2. The number of benzene rings is 1. The number of hydrogen-bond donors (Lipinski definition) is 2. The number of nitrogens with one attached hydrogen (secondary N) is 2. The van der Waals surface area contributed by atoms with Crippen LogP contribution in [-0.2, 0) is 20.7 Å². The topological polar surface area (TPSA) is 70.7 Å². The normalized spacial score (nSPS) is 14.0. The molecule has 0 bridgehead atoms. The minimum atomic E-state index is -0.264. The Balaban J connectivity index is 1.66. The molecule has 1 aliphatic rings.